The lowest BCUT2D eigenvalue weighted by atomic mass is 10.0. The van der Waals surface area contributed by atoms with Crippen LogP contribution in [0.1, 0.15) is 35.1 Å². The lowest BCUT2D eigenvalue weighted by molar-refractivity contribution is -0.384. The number of aliphatic imine (C=N–C) groups is 4. The van der Waals surface area contributed by atoms with E-state index < -0.39 is 0 Å². The van der Waals surface area contributed by atoms with Crippen molar-refractivity contribution in [2.24, 2.45) is 20.0 Å². The second kappa shape index (κ2) is 8.14. The van der Waals surface area contributed by atoms with Gasteiger partial charge in [0.05, 0.1) is 40.8 Å². The van der Waals surface area contributed by atoms with E-state index in [-0.39, 0.29) is 10.6 Å². The standard InChI is InChI=1S/C12H9N3O2.C12H11N3/c16-15(17)9-4-3-8-7-14-12(10(8)6-9)11-2-1-5-13-11;13-9-4-3-8-7-15-12(10(8)6-9)11-2-1-5-14-11/h2-6H,1,7H2;2-6H,1,7,13H2. The summed E-state index contributed by atoms with van der Waals surface area (Å²) in [6.45, 7) is 1.33. The van der Waals surface area contributed by atoms with Crippen LogP contribution in [-0.2, 0) is 13.1 Å². The molecule has 0 aliphatic carbocycles. The number of benzene rings is 2. The number of rotatable bonds is 3. The van der Waals surface area contributed by atoms with E-state index in [1.807, 2.05) is 36.7 Å². The van der Waals surface area contributed by atoms with Crippen LogP contribution in [0, 0.1) is 10.1 Å². The Hall–Kier alpha value is -4.20. The number of nitrogens with two attached hydrogens (primary N) is 1. The number of anilines is 1. The maximum Gasteiger partial charge on any atom is 0.270 e. The fourth-order valence-electron chi connectivity index (χ4n) is 3.98. The van der Waals surface area contributed by atoms with Crippen LogP contribution in [0.2, 0.25) is 0 Å². The van der Waals surface area contributed by atoms with Crippen molar-refractivity contribution in [2.45, 2.75) is 25.9 Å². The molecule has 8 heteroatoms. The first kappa shape index (κ1) is 19.7. The van der Waals surface area contributed by atoms with Gasteiger partial charge in [0.1, 0.15) is 0 Å². The summed E-state index contributed by atoms with van der Waals surface area (Å²) in [6, 6.07) is 10.8. The summed E-state index contributed by atoms with van der Waals surface area (Å²) in [4.78, 5) is 27.8. The minimum Gasteiger partial charge on any atom is -0.399 e. The minimum absolute atomic E-state index is 0.0981. The van der Waals surface area contributed by atoms with E-state index in [0.29, 0.717) is 6.54 Å². The lowest BCUT2D eigenvalue weighted by Gasteiger charge is -2.03. The molecular formula is C24H20N6O2. The quantitative estimate of drug-likeness (QED) is 0.452. The number of nitro groups is 1. The molecule has 4 aliphatic rings. The van der Waals surface area contributed by atoms with Gasteiger partial charge in [0, 0.05) is 54.2 Å². The zero-order chi connectivity index (χ0) is 22.1. The smallest absolute Gasteiger partial charge is 0.270 e. The molecule has 0 bridgehead atoms. The third kappa shape index (κ3) is 3.66. The number of nitrogen functional groups attached to an aromatic ring is 1. The Kier molecular flexibility index (Phi) is 5.03. The summed E-state index contributed by atoms with van der Waals surface area (Å²) in [7, 11) is 0. The number of fused-ring (bicyclic) bond motifs is 2. The molecule has 8 nitrogen and oxygen atoms in total. The van der Waals surface area contributed by atoms with E-state index in [0.717, 1.165) is 64.6 Å². The van der Waals surface area contributed by atoms with E-state index in [2.05, 4.69) is 26.0 Å². The molecule has 0 fully saturated rings. The normalized spacial score (nSPS) is 17.1. The van der Waals surface area contributed by atoms with Gasteiger partial charge in [-0.3, -0.25) is 30.1 Å². The summed E-state index contributed by atoms with van der Waals surface area (Å²) >= 11 is 0. The number of allylic oxidation sites excluding steroid dienone is 4. The van der Waals surface area contributed by atoms with Gasteiger partial charge in [-0.25, -0.2) is 0 Å². The third-order valence-electron chi connectivity index (χ3n) is 5.54. The monoisotopic (exact) mass is 424 g/mol. The zero-order valence-corrected chi connectivity index (χ0v) is 17.2. The first-order valence-electron chi connectivity index (χ1n) is 10.3. The number of hydrogen-bond donors (Lipinski definition) is 1. The van der Waals surface area contributed by atoms with Crippen molar-refractivity contribution in [3.05, 3.63) is 92.3 Å². The van der Waals surface area contributed by atoms with Crippen molar-refractivity contribution < 1.29 is 4.92 Å². The van der Waals surface area contributed by atoms with Gasteiger partial charge in [0.25, 0.3) is 5.69 Å². The average molecular weight is 424 g/mol. The predicted octanol–water partition coefficient (Wildman–Crippen LogP) is 4.19. The SMILES string of the molecule is Nc1ccc2c(c1)C(C1=CCC=N1)=NC2.O=[N+]([O-])c1ccc2c(c1)C(C1=CCC=N1)=NC2. The molecule has 0 atom stereocenters. The van der Waals surface area contributed by atoms with Crippen molar-refractivity contribution in [1.29, 1.82) is 0 Å². The predicted molar refractivity (Wildman–Crippen MR) is 127 cm³/mol. The van der Waals surface area contributed by atoms with Crippen molar-refractivity contribution in [1.82, 2.24) is 0 Å². The molecule has 0 saturated carbocycles. The fourth-order valence-corrected chi connectivity index (χ4v) is 3.98. The molecule has 0 spiro atoms. The molecule has 32 heavy (non-hydrogen) atoms. The van der Waals surface area contributed by atoms with E-state index in [1.54, 1.807) is 12.1 Å². The maximum absolute atomic E-state index is 10.8. The highest BCUT2D eigenvalue weighted by Crippen LogP contribution is 2.28. The Balaban J connectivity index is 0.000000136. The highest BCUT2D eigenvalue weighted by Gasteiger charge is 2.23. The van der Waals surface area contributed by atoms with Gasteiger partial charge < -0.3 is 5.73 Å². The Morgan fingerprint density at radius 1 is 0.812 bits per heavy atom. The van der Waals surface area contributed by atoms with Gasteiger partial charge in [-0.15, -0.1) is 0 Å². The summed E-state index contributed by atoms with van der Waals surface area (Å²) < 4.78 is 0. The van der Waals surface area contributed by atoms with Crippen molar-refractivity contribution in [3.63, 3.8) is 0 Å². The Morgan fingerprint density at radius 2 is 1.38 bits per heavy atom. The van der Waals surface area contributed by atoms with Crippen LogP contribution in [0.3, 0.4) is 0 Å². The molecule has 0 saturated heterocycles. The molecule has 0 unspecified atom stereocenters. The summed E-state index contributed by atoms with van der Waals surface area (Å²) in [5.74, 6) is 0. The van der Waals surface area contributed by atoms with E-state index in [4.69, 9.17) is 5.73 Å². The van der Waals surface area contributed by atoms with Crippen LogP contribution in [0.4, 0.5) is 11.4 Å². The average Bonchev–Trinajstić information content (AvgIpc) is 3.59. The van der Waals surface area contributed by atoms with Gasteiger partial charge in [0.15, 0.2) is 0 Å². The van der Waals surface area contributed by atoms with Crippen LogP contribution in [0.15, 0.2) is 79.9 Å². The van der Waals surface area contributed by atoms with Crippen molar-refractivity contribution >= 4 is 35.2 Å². The van der Waals surface area contributed by atoms with Gasteiger partial charge in [-0.2, -0.15) is 0 Å². The topological polar surface area (TPSA) is 119 Å². The summed E-state index contributed by atoms with van der Waals surface area (Å²) in [5.41, 5.74) is 14.5. The number of non-ortho nitro benzene ring substituents is 1. The van der Waals surface area contributed by atoms with Crippen LogP contribution in [0.5, 0.6) is 0 Å². The Labute approximate surface area is 184 Å². The first-order valence-corrected chi connectivity index (χ1v) is 10.3. The lowest BCUT2D eigenvalue weighted by Crippen LogP contribution is -2.01. The van der Waals surface area contributed by atoms with Crippen LogP contribution in [-0.4, -0.2) is 28.8 Å². The molecule has 2 N–H and O–H groups in total. The molecule has 0 aromatic heterocycles. The van der Waals surface area contributed by atoms with Crippen molar-refractivity contribution in [2.75, 3.05) is 5.73 Å². The Bertz CT molecular complexity index is 1310. The molecule has 0 amide bonds. The largest absolute Gasteiger partial charge is 0.399 e. The number of hydrogen-bond acceptors (Lipinski definition) is 7. The molecule has 6 rings (SSSR count). The Morgan fingerprint density at radius 3 is 1.91 bits per heavy atom. The van der Waals surface area contributed by atoms with Crippen molar-refractivity contribution in [3.8, 4) is 0 Å². The molecule has 4 aliphatic heterocycles. The molecule has 4 heterocycles. The number of nitro benzene ring substituents is 1. The van der Waals surface area contributed by atoms with Crippen LogP contribution < -0.4 is 5.73 Å². The van der Waals surface area contributed by atoms with Gasteiger partial charge >= 0.3 is 0 Å². The van der Waals surface area contributed by atoms with Gasteiger partial charge in [-0.05, 0) is 29.3 Å². The second-order valence-electron chi connectivity index (χ2n) is 7.62. The third-order valence-corrected chi connectivity index (χ3v) is 5.54. The van der Waals surface area contributed by atoms with Gasteiger partial charge in [-0.1, -0.05) is 18.2 Å². The second-order valence-corrected chi connectivity index (χ2v) is 7.62. The molecule has 2 aromatic carbocycles. The van der Waals surface area contributed by atoms with E-state index in [1.165, 1.54) is 11.6 Å². The molecule has 2 aromatic rings. The highest BCUT2D eigenvalue weighted by molar-refractivity contribution is 6.17. The van der Waals surface area contributed by atoms with Gasteiger partial charge in [0.2, 0.25) is 0 Å². The summed E-state index contributed by atoms with van der Waals surface area (Å²) in [6.07, 6.45) is 9.50. The van der Waals surface area contributed by atoms with Crippen LogP contribution in [0.25, 0.3) is 0 Å². The molecular weight excluding hydrogens is 404 g/mol. The minimum atomic E-state index is -0.386. The van der Waals surface area contributed by atoms with E-state index >= 15 is 0 Å². The zero-order valence-electron chi connectivity index (χ0n) is 17.2. The van der Waals surface area contributed by atoms with E-state index in [9.17, 15) is 10.1 Å². The molecule has 0 radical (unpaired) electrons. The first-order chi connectivity index (χ1) is 15.6. The highest BCUT2D eigenvalue weighted by atomic mass is 16.6. The summed E-state index contributed by atoms with van der Waals surface area (Å²) in [5, 5.41) is 10.8. The number of nitrogens with zero attached hydrogens (tertiary/aromatic N) is 5. The van der Waals surface area contributed by atoms with Crippen LogP contribution >= 0.6 is 0 Å². The fraction of sp³-hybridized carbons (Fsp3) is 0.167. The molecule has 158 valence electrons. The maximum atomic E-state index is 10.8.